The number of methoxy groups -OCH3 is 2. The summed E-state index contributed by atoms with van der Waals surface area (Å²) in [6.45, 7) is 6.76. The normalized spacial score (nSPS) is 11.0. The van der Waals surface area contributed by atoms with Gasteiger partial charge in [-0.2, -0.15) is 0 Å². The highest BCUT2D eigenvalue weighted by molar-refractivity contribution is 6.01. The molecule has 5 nitrogen and oxygen atoms in total. The molecule has 0 saturated heterocycles. The maximum atomic E-state index is 11.5. The minimum atomic E-state index is -0.155. The number of Topliss-reactive ketones (excluding diaryl/α,β-unsaturated/α-hetero) is 1. The Hall–Kier alpha value is -2.56. The quantitative estimate of drug-likeness (QED) is 0.622. The second-order valence-corrected chi connectivity index (χ2v) is 4.51. The molecule has 0 aliphatic carbocycles. The van der Waals surface area contributed by atoms with E-state index >= 15 is 0 Å². The average Bonchev–Trinajstić information content (AvgIpc) is 2.89. The summed E-state index contributed by atoms with van der Waals surface area (Å²) in [6.07, 6.45) is 3.35. The summed E-state index contributed by atoms with van der Waals surface area (Å²) in [6, 6.07) is 1.66. The maximum Gasteiger partial charge on any atom is 0.194 e. The van der Waals surface area contributed by atoms with Gasteiger partial charge in [0.05, 0.1) is 19.6 Å². The number of carbonyl (C=O) groups excluding carboxylic acids is 1. The molecule has 2 rings (SSSR count). The highest BCUT2D eigenvalue weighted by Crippen LogP contribution is 2.42. The number of rotatable bonds is 5. The third-order valence-corrected chi connectivity index (χ3v) is 3.27. The summed E-state index contributed by atoms with van der Waals surface area (Å²) in [5.41, 5.74) is 2.15. The van der Waals surface area contributed by atoms with E-state index in [4.69, 9.17) is 13.9 Å². The first-order valence-electron chi connectivity index (χ1n) is 6.36. The van der Waals surface area contributed by atoms with Gasteiger partial charge in [-0.05, 0) is 25.8 Å². The highest BCUT2D eigenvalue weighted by atomic mass is 16.5. The summed E-state index contributed by atoms with van der Waals surface area (Å²) in [5.74, 6) is 1.29. The van der Waals surface area contributed by atoms with Gasteiger partial charge in [0.1, 0.15) is 5.75 Å². The van der Waals surface area contributed by atoms with E-state index in [2.05, 4.69) is 11.7 Å². The van der Waals surface area contributed by atoms with Gasteiger partial charge in [-0.15, -0.1) is 0 Å². The fourth-order valence-electron chi connectivity index (χ4n) is 2.30. The van der Waals surface area contributed by atoms with Gasteiger partial charge in [-0.3, -0.25) is 9.79 Å². The molecule has 0 saturated carbocycles. The van der Waals surface area contributed by atoms with Crippen LogP contribution in [0.4, 0.5) is 0 Å². The summed E-state index contributed by atoms with van der Waals surface area (Å²) < 4.78 is 16.5. The molecule has 0 unspecified atom stereocenters. The first-order chi connectivity index (χ1) is 10.0. The molecule has 1 heterocycles. The second-order valence-electron chi connectivity index (χ2n) is 4.51. The number of benzene rings is 1. The van der Waals surface area contributed by atoms with Crippen LogP contribution in [0.2, 0.25) is 0 Å². The zero-order valence-corrected chi connectivity index (χ0v) is 12.5. The Morgan fingerprint density at radius 3 is 2.52 bits per heavy atom. The summed E-state index contributed by atoms with van der Waals surface area (Å²) in [4.78, 5) is 15.3. The smallest absolute Gasteiger partial charge is 0.194 e. The summed E-state index contributed by atoms with van der Waals surface area (Å²) >= 11 is 0. The van der Waals surface area contributed by atoms with Gasteiger partial charge in [0.2, 0.25) is 0 Å². The van der Waals surface area contributed by atoms with Crippen LogP contribution in [-0.4, -0.2) is 26.7 Å². The molecule has 0 aliphatic rings. The molecule has 2 aromatic rings. The van der Waals surface area contributed by atoms with Crippen molar-refractivity contribution in [2.45, 2.75) is 13.8 Å². The van der Waals surface area contributed by atoms with Gasteiger partial charge in [-0.25, -0.2) is 0 Å². The fourth-order valence-corrected chi connectivity index (χ4v) is 2.30. The minimum absolute atomic E-state index is 0.155. The molecule has 110 valence electrons. The Balaban J connectivity index is 2.91. The van der Waals surface area contributed by atoms with E-state index in [0.29, 0.717) is 22.5 Å². The van der Waals surface area contributed by atoms with E-state index in [1.54, 1.807) is 32.6 Å². The number of aliphatic imine (C=N–C) groups is 1. The monoisotopic (exact) mass is 287 g/mol. The van der Waals surface area contributed by atoms with Crippen LogP contribution in [0.15, 0.2) is 21.7 Å². The van der Waals surface area contributed by atoms with E-state index in [1.807, 2.05) is 6.92 Å². The van der Waals surface area contributed by atoms with Crippen molar-refractivity contribution in [3.63, 3.8) is 0 Å². The molecule has 1 aromatic carbocycles. The molecule has 0 amide bonds. The van der Waals surface area contributed by atoms with Crippen LogP contribution in [0.3, 0.4) is 0 Å². The van der Waals surface area contributed by atoms with Gasteiger partial charge in [0.15, 0.2) is 22.9 Å². The molecular formula is C16H17NO4. The van der Waals surface area contributed by atoms with Crippen LogP contribution < -0.4 is 9.47 Å². The number of furan rings is 1. The Labute approximate surface area is 122 Å². The third kappa shape index (κ3) is 2.42. The Bertz CT molecular complexity index is 741. The van der Waals surface area contributed by atoms with E-state index in [0.717, 1.165) is 11.1 Å². The van der Waals surface area contributed by atoms with Crippen LogP contribution in [0.25, 0.3) is 17.0 Å². The van der Waals surface area contributed by atoms with Crippen molar-refractivity contribution in [2.24, 2.45) is 4.99 Å². The maximum absolute atomic E-state index is 11.5. The highest BCUT2D eigenvalue weighted by Gasteiger charge is 2.22. The Kier molecular flexibility index (Phi) is 4.12. The second kappa shape index (κ2) is 5.83. The van der Waals surface area contributed by atoms with Crippen molar-refractivity contribution < 1.29 is 18.7 Å². The molecule has 5 heteroatoms. The molecule has 0 bridgehead atoms. The molecule has 0 spiro atoms. The van der Waals surface area contributed by atoms with Gasteiger partial charge >= 0.3 is 0 Å². The molecule has 0 radical (unpaired) electrons. The zero-order valence-electron chi connectivity index (χ0n) is 12.5. The zero-order chi connectivity index (χ0) is 15.6. The molecule has 0 N–H and O–H groups in total. The molecule has 0 aliphatic heterocycles. The topological polar surface area (TPSA) is 61.0 Å². The Morgan fingerprint density at radius 2 is 2.00 bits per heavy atom. The van der Waals surface area contributed by atoms with Crippen LogP contribution in [0.5, 0.6) is 11.5 Å². The molecule has 0 atom stereocenters. The SMILES string of the molecule is C=N/C=C\c1c(C)c(OC)c2oc(C(C)=O)cc2c1OC. The first kappa shape index (κ1) is 14.8. The van der Waals surface area contributed by atoms with Crippen LogP contribution in [0, 0.1) is 6.92 Å². The largest absolute Gasteiger partial charge is 0.495 e. The van der Waals surface area contributed by atoms with E-state index < -0.39 is 0 Å². The average molecular weight is 287 g/mol. The first-order valence-corrected chi connectivity index (χ1v) is 6.36. The Morgan fingerprint density at radius 1 is 1.33 bits per heavy atom. The lowest BCUT2D eigenvalue weighted by atomic mass is 10.0. The van der Waals surface area contributed by atoms with Crippen molar-refractivity contribution in [3.05, 3.63) is 29.2 Å². The van der Waals surface area contributed by atoms with Crippen molar-refractivity contribution >= 4 is 29.5 Å². The standard InChI is InChI=1S/C16H17NO4/c1-9-11(6-7-17-3)15(20-5)12-8-13(10(2)18)21-16(12)14(9)19-4/h6-8H,3H2,1-2,4-5H3/b7-6-. The van der Waals surface area contributed by atoms with Crippen LogP contribution in [0.1, 0.15) is 28.6 Å². The van der Waals surface area contributed by atoms with Crippen molar-refractivity contribution in [2.75, 3.05) is 14.2 Å². The van der Waals surface area contributed by atoms with Crippen molar-refractivity contribution in [1.29, 1.82) is 0 Å². The molecule has 0 fully saturated rings. The fraction of sp³-hybridized carbons (Fsp3) is 0.250. The molecular weight excluding hydrogens is 270 g/mol. The molecule has 1 aromatic heterocycles. The number of nitrogens with zero attached hydrogens (tertiary/aromatic N) is 1. The minimum Gasteiger partial charge on any atom is -0.495 e. The number of ketones is 1. The number of fused-ring (bicyclic) bond motifs is 1. The number of carbonyl (C=O) groups is 1. The van der Waals surface area contributed by atoms with E-state index in [-0.39, 0.29) is 11.5 Å². The molecule has 21 heavy (non-hydrogen) atoms. The van der Waals surface area contributed by atoms with E-state index in [1.165, 1.54) is 6.92 Å². The van der Waals surface area contributed by atoms with Gasteiger partial charge in [0, 0.05) is 24.3 Å². The van der Waals surface area contributed by atoms with Crippen molar-refractivity contribution in [1.82, 2.24) is 0 Å². The predicted octanol–water partition coefficient (Wildman–Crippen LogP) is 3.63. The summed E-state index contributed by atoms with van der Waals surface area (Å²) in [5, 5.41) is 0.689. The van der Waals surface area contributed by atoms with Gasteiger partial charge in [0.25, 0.3) is 0 Å². The van der Waals surface area contributed by atoms with Gasteiger partial charge in [-0.1, -0.05) is 0 Å². The van der Waals surface area contributed by atoms with Crippen molar-refractivity contribution in [3.8, 4) is 11.5 Å². The summed E-state index contributed by atoms with van der Waals surface area (Å²) in [7, 11) is 3.13. The lowest BCUT2D eigenvalue weighted by Crippen LogP contribution is -1.95. The van der Waals surface area contributed by atoms with Crippen LogP contribution >= 0.6 is 0 Å². The predicted molar refractivity (Wildman–Crippen MR) is 82.6 cm³/mol. The van der Waals surface area contributed by atoms with Gasteiger partial charge < -0.3 is 13.9 Å². The lowest BCUT2D eigenvalue weighted by Gasteiger charge is -2.13. The third-order valence-electron chi connectivity index (χ3n) is 3.27. The number of hydrogen-bond donors (Lipinski definition) is 0. The van der Waals surface area contributed by atoms with Crippen LogP contribution in [-0.2, 0) is 0 Å². The lowest BCUT2D eigenvalue weighted by molar-refractivity contribution is 0.0989. The van der Waals surface area contributed by atoms with E-state index in [9.17, 15) is 4.79 Å². The number of ether oxygens (including phenoxy) is 2. The number of hydrogen-bond acceptors (Lipinski definition) is 5.